The van der Waals surface area contributed by atoms with Crippen LogP contribution in [0.25, 0.3) is 0 Å². The number of carbonyl (C=O) groups excluding carboxylic acids is 1. The van der Waals surface area contributed by atoms with E-state index in [9.17, 15) is 4.79 Å². The number of nitrogens with one attached hydrogen (secondary N) is 1. The molecule has 0 aliphatic carbocycles. The second-order valence-corrected chi connectivity index (χ2v) is 3.90. The first kappa shape index (κ1) is 10.8. The van der Waals surface area contributed by atoms with Gasteiger partial charge in [-0.1, -0.05) is 0 Å². The van der Waals surface area contributed by atoms with Crippen molar-refractivity contribution in [2.45, 2.75) is 12.5 Å². The van der Waals surface area contributed by atoms with Gasteiger partial charge in [0.1, 0.15) is 0 Å². The quantitative estimate of drug-likeness (QED) is 0.710. The normalized spacial score (nSPS) is 19.7. The summed E-state index contributed by atoms with van der Waals surface area (Å²) in [7, 11) is 1.98. The highest BCUT2D eigenvalue weighted by Crippen LogP contribution is 2.14. The van der Waals surface area contributed by atoms with E-state index in [1.54, 1.807) is 12.1 Å². The molecule has 86 valence electrons. The van der Waals surface area contributed by atoms with Crippen molar-refractivity contribution in [3.63, 3.8) is 0 Å². The summed E-state index contributed by atoms with van der Waals surface area (Å²) in [4.78, 5) is 12.9. The highest BCUT2D eigenvalue weighted by molar-refractivity contribution is 5.90. The Labute approximate surface area is 93.8 Å². The summed E-state index contributed by atoms with van der Waals surface area (Å²) in [5.41, 5.74) is 5.29. The fraction of sp³-hybridized carbons (Fsp3) is 0.500. The Hall–Kier alpha value is -1.69. The number of likely N-dealkylation sites (N-methyl/N-ethyl adjacent to an activating group) is 1. The molecule has 3 N–H and O–H groups in total. The van der Waals surface area contributed by atoms with Crippen molar-refractivity contribution in [2.75, 3.05) is 25.0 Å². The van der Waals surface area contributed by atoms with Gasteiger partial charge in [0, 0.05) is 19.6 Å². The lowest BCUT2D eigenvalue weighted by Gasteiger charge is -2.24. The number of nitrogens with zero attached hydrogens (tertiary/aromatic N) is 3. The number of nitrogens with two attached hydrogens (primary N) is 1. The van der Waals surface area contributed by atoms with Crippen LogP contribution < -0.4 is 16.0 Å². The molecule has 1 aliphatic rings. The SMILES string of the molecule is CN(c1ccc(C(N)=O)nn1)C1CCNC1. The molecule has 2 heterocycles. The van der Waals surface area contributed by atoms with Crippen LogP contribution in [-0.2, 0) is 0 Å². The first-order chi connectivity index (χ1) is 7.68. The van der Waals surface area contributed by atoms with Crippen LogP contribution in [0.15, 0.2) is 12.1 Å². The zero-order valence-corrected chi connectivity index (χ0v) is 9.18. The van der Waals surface area contributed by atoms with E-state index < -0.39 is 5.91 Å². The molecule has 1 unspecified atom stereocenters. The second kappa shape index (κ2) is 4.44. The van der Waals surface area contributed by atoms with Gasteiger partial charge in [-0.05, 0) is 25.1 Å². The largest absolute Gasteiger partial charge is 0.364 e. The van der Waals surface area contributed by atoms with Gasteiger partial charge in [-0.15, -0.1) is 10.2 Å². The van der Waals surface area contributed by atoms with Crippen molar-refractivity contribution >= 4 is 11.7 Å². The van der Waals surface area contributed by atoms with Crippen LogP contribution in [0.3, 0.4) is 0 Å². The maximum atomic E-state index is 10.8. The molecular formula is C10H15N5O. The summed E-state index contributed by atoms with van der Waals surface area (Å²) in [5, 5.41) is 11.1. The zero-order chi connectivity index (χ0) is 11.5. The second-order valence-electron chi connectivity index (χ2n) is 3.90. The van der Waals surface area contributed by atoms with Crippen LogP contribution in [0.5, 0.6) is 0 Å². The summed E-state index contributed by atoms with van der Waals surface area (Å²) in [6.07, 6.45) is 1.09. The Bertz CT molecular complexity index is 371. The van der Waals surface area contributed by atoms with Crippen LogP contribution >= 0.6 is 0 Å². The molecule has 0 radical (unpaired) electrons. The molecular weight excluding hydrogens is 206 g/mol. The Kier molecular flexibility index (Phi) is 3.00. The van der Waals surface area contributed by atoms with Gasteiger partial charge in [-0.2, -0.15) is 0 Å². The summed E-state index contributed by atoms with van der Waals surface area (Å²) >= 11 is 0. The first-order valence-electron chi connectivity index (χ1n) is 5.25. The monoisotopic (exact) mass is 221 g/mol. The summed E-state index contributed by atoms with van der Waals surface area (Å²) < 4.78 is 0. The van der Waals surface area contributed by atoms with E-state index in [1.807, 2.05) is 7.05 Å². The molecule has 0 spiro atoms. The van der Waals surface area contributed by atoms with E-state index >= 15 is 0 Å². The predicted octanol–water partition coefficient (Wildman–Crippen LogP) is -0.626. The molecule has 1 aromatic rings. The number of aromatic nitrogens is 2. The van der Waals surface area contributed by atoms with E-state index in [4.69, 9.17) is 5.73 Å². The van der Waals surface area contributed by atoms with Crippen molar-refractivity contribution in [1.29, 1.82) is 0 Å². The van der Waals surface area contributed by atoms with Crippen molar-refractivity contribution in [2.24, 2.45) is 5.73 Å². The highest BCUT2D eigenvalue weighted by Gasteiger charge is 2.20. The van der Waals surface area contributed by atoms with Gasteiger partial charge in [-0.3, -0.25) is 4.79 Å². The Balaban J connectivity index is 2.11. The van der Waals surface area contributed by atoms with Crippen LogP contribution in [0.4, 0.5) is 5.82 Å². The molecule has 6 nitrogen and oxygen atoms in total. The van der Waals surface area contributed by atoms with Crippen molar-refractivity contribution in [3.05, 3.63) is 17.8 Å². The lowest BCUT2D eigenvalue weighted by molar-refractivity contribution is 0.0994. The standard InChI is InChI=1S/C10H15N5O/c1-15(7-4-5-12-6-7)9-3-2-8(10(11)16)13-14-9/h2-3,7,12H,4-6H2,1H3,(H2,11,16). The minimum Gasteiger partial charge on any atom is -0.364 e. The van der Waals surface area contributed by atoms with Crippen LogP contribution in [0.1, 0.15) is 16.9 Å². The third-order valence-corrected chi connectivity index (χ3v) is 2.85. The van der Waals surface area contributed by atoms with Gasteiger partial charge in [0.25, 0.3) is 5.91 Å². The number of rotatable bonds is 3. The van der Waals surface area contributed by atoms with Crippen LogP contribution in [-0.4, -0.2) is 42.3 Å². The summed E-state index contributed by atoms with van der Waals surface area (Å²) in [6, 6.07) is 3.81. The van der Waals surface area contributed by atoms with Crippen LogP contribution in [0, 0.1) is 0 Å². The van der Waals surface area contributed by atoms with E-state index in [-0.39, 0.29) is 5.69 Å². The molecule has 0 saturated carbocycles. The van der Waals surface area contributed by atoms with Gasteiger partial charge < -0.3 is 16.0 Å². The topological polar surface area (TPSA) is 84.1 Å². The number of carbonyl (C=O) groups is 1. The number of hydrogen-bond donors (Lipinski definition) is 2. The van der Waals surface area contributed by atoms with Crippen molar-refractivity contribution in [1.82, 2.24) is 15.5 Å². The Morgan fingerprint density at radius 3 is 2.88 bits per heavy atom. The van der Waals surface area contributed by atoms with Gasteiger partial charge in [-0.25, -0.2) is 0 Å². The van der Waals surface area contributed by atoms with E-state index in [0.29, 0.717) is 6.04 Å². The van der Waals surface area contributed by atoms with Gasteiger partial charge in [0.2, 0.25) is 0 Å². The fourth-order valence-electron chi connectivity index (χ4n) is 1.80. The molecule has 1 atom stereocenters. The lowest BCUT2D eigenvalue weighted by atomic mass is 10.2. The van der Waals surface area contributed by atoms with E-state index in [1.165, 1.54) is 0 Å². The highest BCUT2D eigenvalue weighted by atomic mass is 16.1. The van der Waals surface area contributed by atoms with Crippen molar-refractivity contribution in [3.8, 4) is 0 Å². The van der Waals surface area contributed by atoms with E-state index in [2.05, 4.69) is 20.4 Å². The van der Waals surface area contributed by atoms with Crippen molar-refractivity contribution < 1.29 is 4.79 Å². The average molecular weight is 221 g/mol. The third-order valence-electron chi connectivity index (χ3n) is 2.85. The summed E-state index contributed by atoms with van der Waals surface area (Å²) in [5.74, 6) is 0.211. The van der Waals surface area contributed by atoms with Gasteiger partial charge >= 0.3 is 0 Å². The van der Waals surface area contributed by atoms with Gasteiger partial charge in [0.05, 0.1) is 0 Å². The molecule has 1 aliphatic heterocycles. The zero-order valence-electron chi connectivity index (χ0n) is 9.18. The minimum absolute atomic E-state index is 0.196. The molecule has 6 heteroatoms. The first-order valence-corrected chi connectivity index (χ1v) is 5.25. The average Bonchev–Trinajstić information content (AvgIpc) is 2.81. The number of primary amides is 1. The maximum absolute atomic E-state index is 10.8. The molecule has 16 heavy (non-hydrogen) atoms. The predicted molar refractivity (Wildman–Crippen MR) is 60.2 cm³/mol. The molecule has 1 fully saturated rings. The number of hydrogen-bond acceptors (Lipinski definition) is 5. The Morgan fingerprint density at radius 2 is 2.38 bits per heavy atom. The molecule has 2 rings (SSSR count). The van der Waals surface area contributed by atoms with Crippen LogP contribution in [0.2, 0.25) is 0 Å². The minimum atomic E-state index is -0.552. The summed E-state index contributed by atoms with van der Waals surface area (Å²) in [6.45, 7) is 1.98. The molecule has 0 bridgehead atoms. The molecule has 0 aromatic carbocycles. The fourth-order valence-corrected chi connectivity index (χ4v) is 1.80. The van der Waals surface area contributed by atoms with Gasteiger partial charge in [0.15, 0.2) is 11.5 Å². The number of amides is 1. The Morgan fingerprint density at radius 1 is 1.56 bits per heavy atom. The van der Waals surface area contributed by atoms with E-state index in [0.717, 1.165) is 25.3 Å². The molecule has 1 saturated heterocycles. The lowest BCUT2D eigenvalue weighted by Crippen LogP contribution is -2.34. The maximum Gasteiger partial charge on any atom is 0.269 e. The molecule has 1 amide bonds. The third kappa shape index (κ3) is 2.11. The number of anilines is 1. The smallest absolute Gasteiger partial charge is 0.269 e. The molecule has 1 aromatic heterocycles.